The highest BCUT2D eigenvalue weighted by molar-refractivity contribution is 6.30. The third-order valence-corrected chi connectivity index (χ3v) is 5.17. The van der Waals surface area contributed by atoms with Gasteiger partial charge in [0.25, 0.3) is 0 Å². The Hall–Kier alpha value is -1.30. The van der Waals surface area contributed by atoms with E-state index in [0.717, 1.165) is 38.0 Å². The lowest BCUT2D eigenvalue weighted by atomic mass is 9.93. The number of amides is 2. The number of hydrogen-bond acceptors (Lipinski definition) is 3. The molecule has 25 heavy (non-hydrogen) atoms. The number of nitrogens with zero attached hydrogens (tertiary/aromatic N) is 1. The van der Waals surface area contributed by atoms with Crippen molar-refractivity contribution in [2.45, 2.75) is 38.1 Å². The molecule has 1 aromatic carbocycles. The Morgan fingerprint density at radius 1 is 1.20 bits per heavy atom. The van der Waals surface area contributed by atoms with Crippen LogP contribution in [0.25, 0.3) is 0 Å². The Labute approximate surface area is 159 Å². The SMILES string of the molecule is Cl.O=C(CCC1CCNCC1)NC1CCN(c2ccc(Cl)cc2)C1=O. The molecule has 1 aromatic rings. The Kier molecular flexibility index (Phi) is 7.54. The van der Waals surface area contributed by atoms with Crippen LogP contribution in [0.4, 0.5) is 5.69 Å². The van der Waals surface area contributed by atoms with Crippen LogP contribution in [-0.4, -0.2) is 37.5 Å². The predicted molar refractivity (Wildman–Crippen MR) is 102 cm³/mol. The zero-order chi connectivity index (χ0) is 16.9. The molecule has 2 amide bonds. The van der Waals surface area contributed by atoms with Crippen molar-refractivity contribution in [3.8, 4) is 0 Å². The van der Waals surface area contributed by atoms with Gasteiger partial charge in [0.1, 0.15) is 6.04 Å². The van der Waals surface area contributed by atoms with E-state index in [1.807, 2.05) is 12.1 Å². The maximum Gasteiger partial charge on any atom is 0.249 e. The quantitative estimate of drug-likeness (QED) is 0.818. The second kappa shape index (κ2) is 9.41. The van der Waals surface area contributed by atoms with Crippen molar-refractivity contribution in [2.24, 2.45) is 5.92 Å². The van der Waals surface area contributed by atoms with E-state index in [4.69, 9.17) is 11.6 Å². The van der Waals surface area contributed by atoms with E-state index in [-0.39, 0.29) is 24.2 Å². The van der Waals surface area contributed by atoms with Gasteiger partial charge in [0.05, 0.1) is 0 Å². The third kappa shape index (κ3) is 5.33. The van der Waals surface area contributed by atoms with Gasteiger partial charge in [-0.2, -0.15) is 0 Å². The van der Waals surface area contributed by atoms with Crippen molar-refractivity contribution in [2.75, 3.05) is 24.5 Å². The van der Waals surface area contributed by atoms with Gasteiger partial charge >= 0.3 is 0 Å². The summed E-state index contributed by atoms with van der Waals surface area (Å²) in [6, 6.07) is 6.81. The van der Waals surface area contributed by atoms with Crippen molar-refractivity contribution in [3.05, 3.63) is 29.3 Å². The van der Waals surface area contributed by atoms with E-state index in [1.165, 1.54) is 0 Å². The summed E-state index contributed by atoms with van der Waals surface area (Å²) in [7, 11) is 0. The van der Waals surface area contributed by atoms with Crippen molar-refractivity contribution in [1.29, 1.82) is 0 Å². The Morgan fingerprint density at radius 2 is 1.88 bits per heavy atom. The standard InChI is InChI=1S/C18H24ClN3O2.ClH/c19-14-2-4-15(5-3-14)22-12-9-16(18(22)24)21-17(23)6-1-13-7-10-20-11-8-13;/h2-5,13,16,20H,1,6-12H2,(H,21,23);1H. The Morgan fingerprint density at radius 3 is 2.56 bits per heavy atom. The van der Waals surface area contributed by atoms with Gasteiger partial charge in [-0.1, -0.05) is 11.6 Å². The molecule has 1 unspecified atom stereocenters. The Bertz CT molecular complexity index is 588. The highest BCUT2D eigenvalue weighted by atomic mass is 35.5. The highest BCUT2D eigenvalue weighted by Gasteiger charge is 2.33. The fourth-order valence-corrected chi connectivity index (χ4v) is 3.59. The molecule has 0 spiro atoms. The number of anilines is 1. The van der Waals surface area contributed by atoms with Crippen LogP contribution in [0, 0.1) is 5.92 Å². The molecule has 2 aliphatic rings. The molecule has 138 valence electrons. The fraction of sp³-hybridized carbons (Fsp3) is 0.556. The van der Waals surface area contributed by atoms with Gasteiger partial charge < -0.3 is 15.5 Å². The van der Waals surface area contributed by atoms with Gasteiger partial charge in [0, 0.05) is 23.7 Å². The molecular weight excluding hydrogens is 361 g/mol. The first-order valence-electron chi connectivity index (χ1n) is 8.70. The van der Waals surface area contributed by atoms with Crippen LogP contribution in [0.3, 0.4) is 0 Å². The maximum absolute atomic E-state index is 12.5. The fourth-order valence-electron chi connectivity index (χ4n) is 3.46. The molecule has 0 aliphatic carbocycles. The van der Waals surface area contributed by atoms with Crippen LogP contribution in [0.2, 0.25) is 5.02 Å². The zero-order valence-electron chi connectivity index (χ0n) is 14.2. The largest absolute Gasteiger partial charge is 0.344 e. The van der Waals surface area contributed by atoms with Crippen LogP contribution >= 0.6 is 24.0 Å². The molecule has 2 N–H and O–H groups in total. The number of nitrogens with one attached hydrogen (secondary N) is 2. The Balaban J connectivity index is 0.00000225. The molecule has 0 radical (unpaired) electrons. The molecule has 2 aliphatic heterocycles. The summed E-state index contributed by atoms with van der Waals surface area (Å²) in [6.45, 7) is 2.71. The lowest BCUT2D eigenvalue weighted by Crippen LogP contribution is -2.41. The number of carbonyl (C=O) groups excluding carboxylic acids is 2. The number of hydrogen-bond donors (Lipinski definition) is 2. The topological polar surface area (TPSA) is 61.4 Å². The third-order valence-electron chi connectivity index (χ3n) is 4.92. The van der Waals surface area contributed by atoms with Crippen molar-refractivity contribution < 1.29 is 9.59 Å². The van der Waals surface area contributed by atoms with Crippen molar-refractivity contribution >= 4 is 41.5 Å². The summed E-state index contributed by atoms with van der Waals surface area (Å²) in [4.78, 5) is 26.4. The second-order valence-corrected chi connectivity index (χ2v) is 7.04. The summed E-state index contributed by atoms with van der Waals surface area (Å²) in [5.74, 6) is 0.583. The minimum absolute atomic E-state index is 0. The summed E-state index contributed by atoms with van der Waals surface area (Å²) >= 11 is 5.89. The lowest BCUT2D eigenvalue weighted by Gasteiger charge is -2.22. The van der Waals surface area contributed by atoms with Crippen molar-refractivity contribution in [3.63, 3.8) is 0 Å². The monoisotopic (exact) mass is 385 g/mol. The van der Waals surface area contributed by atoms with E-state index >= 15 is 0 Å². The first-order valence-corrected chi connectivity index (χ1v) is 9.08. The molecule has 2 fully saturated rings. The van der Waals surface area contributed by atoms with Crippen LogP contribution in [0.5, 0.6) is 0 Å². The average Bonchev–Trinajstić information content (AvgIpc) is 2.95. The van der Waals surface area contributed by atoms with E-state index < -0.39 is 6.04 Å². The molecule has 2 heterocycles. The van der Waals surface area contributed by atoms with Crippen LogP contribution in [0.15, 0.2) is 24.3 Å². The average molecular weight is 386 g/mol. The molecule has 3 rings (SSSR count). The lowest BCUT2D eigenvalue weighted by molar-refractivity contribution is -0.126. The number of rotatable bonds is 5. The molecule has 0 saturated carbocycles. The second-order valence-electron chi connectivity index (χ2n) is 6.61. The summed E-state index contributed by atoms with van der Waals surface area (Å²) in [6.07, 6.45) is 4.35. The van der Waals surface area contributed by atoms with Crippen LogP contribution in [0.1, 0.15) is 32.1 Å². The number of carbonyl (C=O) groups is 2. The predicted octanol–water partition coefficient (Wildman–Crippen LogP) is 2.76. The van der Waals surface area contributed by atoms with Gasteiger partial charge in [-0.3, -0.25) is 9.59 Å². The van der Waals surface area contributed by atoms with Crippen LogP contribution in [-0.2, 0) is 9.59 Å². The van der Waals surface area contributed by atoms with E-state index in [0.29, 0.717) is 30.3 Å². The van der Waals surface area contributed by atoms with Gasteiger partial charge in [-0.15, -0.1) is 12.4 Å². The van der Waals surface area contributed by atoms with Gasteiger partial charge in [0.2, 0.25) is 11.8 Å². The molecule has 0 bridgehead atoms. The van der Waals surface area contributed by atoms with Crippen LogP contribution < -0.4 is 15.5 Å². The van der Waals surface area contributed by atoms with E-state index in [1.54, 1.807) is 17.0 Å². The van der Waals surface area contributed by atoms with Gasteiger partial charge in [0.15, 0.2) is 0 Å². The van der Waals surface area contributed by atoms with Crippen molar-refractivity contribution in [1.82, 2.24) is 10.6 Å². The number of piperidine rings is 1. The molecular formula is C18H25Cl2N3O2. The number of halogens is 2. The minimum Gasteiger partial charge on any atom is -0.344 e. The highest BCUT2D eigenvalue weighted by Crippen LogP contribution is 2.24. The summed E-state index contributed by atoms with van der Waals surface area (Å²) in [5, 5.41) is 6.89. The first kappa shape index (κ1) is 20.0. The molecule has 0 aromatic heterocycles. The normalized spacial score (nSPS) is 21.1. The zero-order valence-corrected chi connectivity index (χ0v) is 15.7. The number of benzene rings is 1. The molecule has 1 atom stereocenters. The first-order chi connectivity index (χ1) is 11.6. The smallest absolute Gasteiger partial charge is 0.249 e. The van der Waals surface area contributed by atoms with E-state index in [9.17, 15) is 9.59 Å². The van der Waals surface area contributed by atoms with Gasteiger partial charge in [-0.05, 0) is 69.0 Å². The minimum atomic E-state index is -0.402. The maximum atomic E-state index is 12.5. The molecule has 7 heteroatoms. The van der Waals surface area contributed by atoms with Gasteiger partial charge in [-0.25, -0.2) is 0 Å². The van der Waals surface area contributed by atoms with E-state index in [2.05, 4.69) is 10.6 Å². The molecule has 2 saturated heterocycles. The molecule has 5 nitrogen and oxygen atoms in total. The summed E-state index contributed by atoms with van der Waals surface area (Å²) < 4.78 is 0. The summed E-state index contributed by atoms with van der Waals surface area (Å²) in [5.41, 5.74) is 0.829.